The van der Waals surface area contributed by atoms with Gasteiger partial charge in [0.15, 0.2) is 0 Å². The summed E-state index contributed by atoms with van der Waals surface area (Å²) in [7, 11) is 0. The van der Waals surface area contributed by atoms with Crippen LogP contribution in [0.3, 0.4) is 0 Å². The Hall–Kier alpha value is -2.80. The zero-order chi connectivity index (χ0) is 16.2. The van der Waals surface area contributed by atoms with Crippen LogP contribution in [0.1, 0.15) is 28.3 Å². The Kier molecular flexibility index (Phi) is 4.29. The third-order valence-corrected chi connectivity index (χ3v) is 4.27. The van der Waals surface area contributed by atoms with E-state index in [1.165, 1.54) is 29.8 Å². The molecule has 116 valence electrons. The summed E-state index contributed by atoms with van der Waals surface area (Å²) in [6.07, 6.45) is 6.16. The zero-order valence-corrected chi connectivity index (χ0v) is 13.1. The van der Waals surface area contributed by atoms with Crippen molar-refractivity contribution in [3.05, 3.63) is 58.9 Å². The van der Waals surface area contributed by atoms with Crippen LogP contribution in [0.15, 0.2) is 48.4 Å². The summed E-state index contributed by atoms with van der Waals surface area (Å²) in [6.45, 7) is 1.85. The smallest absolute Gasteiger partial charge is 0.255 e. The van der Waals surface area contributed by atoms with Crippen molar-refractivity contribution in [1.29, 1.82) is 0 Å². The summed E-state index contributed by atoms with van der Waals surface area (Å²) in [5, 5.41) is 15.2. The Morgan fingerprint density at radius 2 is 2.09 bits per heavy atom. The number of pyridine rings is 2. The van der Waals surface area contributed by atoms with E-state index in [1.807, 2.05) is 24.4 Å². The van der Waals surface area contributed by atoms with Crippen LogP contribution in [0.5, 0.6) is 5.75 Å². The molecular formula is C16H14N4O2S. The summed E-state index contributed by atoms with van der Waals surface area (Å²) < 4.78 is 0. The lowest BCUT2D eigenvalue weighted by Gasteiger charge is -2.11. The van der Waals surface area contributed by atoms with Crippen molar-refractivity contribution in [1.82, 2.24) is 20.3 Å². The number of rotatable bonds is 4. The van der Waals surface area contributed by atoms with E-state index in [2.05, 4.69) is 20.3 Å². The van der Waals surface area contributed by atoms with Gasteiger partial charge in [0, 0.05) is 29.5 Å². The molecule has 0 aliphatic carbocycles. The second kappa shape index (κ2) is 6.53. The van der Waals surface area contributed by atoms with E-state index < -0.39 is 0 Å². The third kappa shape index (κ3) is 3.35. The molecule has 2 N–H and O–H groups in total. The van der Waals surface area contributed by atoms with E-state index in [1.54, 1.807) is 12.4 Å². The van der Waals surface area contributed by atoms with E-state index >= 15 is 0 Å². The first-order valence-corrected chi connectivity index (χ1v) is 7.83. The summed E-state index contributed by atoms with van der Waals surface area (Å²) in [5.74, 6) is -0.511. The van der Waals surface area contributed by atoms with Crippen molar-refractivity contribution < 1.29 is 9.90 Å². The molecule has 0 saturated heterocycles. The van der Waals surface area contributed by atoms with Gasteiger partial charge in [-0.25, -0.2) is 4.98 Å². The maximum Gasteiger partial charge on any atom is 0.255 e. The van der Waals surface area contributed by atoms with Gasteiger partial charge in [0.1, 0.15) is 10.8 Å². The largest absolute Gasteiger partial charge is 0.505 e. The third-order valence-electron chi connectivity index (χ3n) is 3.24. The van der Waals surface area contributed by atoms with Crippen LogP contribution < -0.4 is 5.32 Å². The van der Waals surface area contributed by atoms with E-state index in [0.29, 0.717) is 0 Å². The fourth-order valence-electron chi connectivity index (χ4n) is 2.05. The number of nitrogens with one attached hydrogen (secondary N) is 1. The van der Waals surface area contributed by atoms with Gasteiger partial charge in [-0.1, -0.05) is 0 Å². The Morgan fingerprint density at radius 3 is 2.83 bits per heavy atom. The lowest BCUT2D eigenvalue weighted by atomic mass is 10.2. The molecule has 0 fully saturated rings. The van der Waals surface area contributed by atoms with Gasteiger partial charge in [0.05, 0.1) is 23.5 Å². The van der Waals surface area contributed by atoms with Gasteiger partial charge in [-0.2, -0.15) is 0 Å². The minimum atomic E-state index is -0.365. The van der Waals surface area contributed by atoms with Gasteiger partial charge in [-0.05, 0) is 25.1 Å². The molecule has 0 unspecified atom stereocenters. The molecule has 1 atom stereocenters. The first kappa shape index (κ1) is 15.1. The van der Waals surface area contributed by atoms with Crippen molar-refractivity contribution in [2.24, 2.45) is 0 Å². The maximum atomic E-state index is 12.2. The number of nitrogens with zero attached hydrogens (tertiary/aromatic N) is 3. The molecule has 6 nitrogen and oxygen atoms in total. The van der Waals surface area contributed by atoms with Gasteiger partial charge < -0.3 is 10.4 Å². The van der Waals surface area contributed by atoms with Gasteiger partial charge in [0.2, 0.25) is 0 Å². The van der Waals surface area contributed by atoms with Crippen LogP contribution in [0, 0.1) is 0 Å². The highest BCUT2D eigenvalue weighted by Gasteiger charge is 2.17. The molecule has 23 heavy (non-hydrogen) atoms. The lowest BCUT2D eigenvalue weighted by molar-refractivity contribution is 0.0937. The molecule has 0 aliphatic rings. The lowest BCUT2D eigenvalue weighted by Crippen LogP contribution is -2.26. The molecule has 0 radical (unpaired) electrons. The predicted molar refractivity (Wildman–Crippen MR) is 87.1 cm³/mol. The molecule has 0 aliphatic heterocycles. The first-order valence-electron chi connectivity index (χ1n) is 6.95. The second-order valence-electron chi connectivity index (χ2n) is 4.90. The Morgan fingerprint density at radius 1 is 1.26 bits per heavy atom. The Bertz CT molecular complexity index is 820. The van der Waals surface area contributed by atoms with Crippen molar-refractivity contribution in [2.45, 2.75) is 13.0 Å². The molecule has 0 saturated carbocycles. The average Bonchev–Trinajstić information content (AvgIpc) is 3.06. The summed E-state index contributed by atoms with van der Waals surface area (Å²) in [6, 6.07) is 4.99. The molecule has 1 amide bonds. The average molecular weight is 326 g/mol. The first-order chi connectivity index (χ1) is 11.1. The van der Waals surface area contributed by atoms with Gasteiger partial charge in [-0.3, -0.25) is 14.8 Å². The molecule has 7 heteroatoms. The normalized spacial score (nSPS) is 11.9. The monoisotopic (exact) mass is 326 g/mol. The highest BCUT2D eigenvalue weighted by molar-refractivity contribution is 7.10. The number of amides is 1. The molecule has 3 aromatic rings. The van der Waals surface area contributed by atoms with Gasteiger partial charge in [0.25, 0.3) is 5.91 Å². The fraction of sp³-hybridized carbons (Fsp3) is 0.125. The van der Waals surface area contributed by atoms with Gasteiger partial charge in [-0.15, -0.1) is 11.3 Å². The van der Waals surface area contributed by atoms with Crippen LogP contribution in [0.4, 0.5) is 0 Å². The molecule has 0 aromatic carbocycles. The molecule has 3 heterocycles. The van der Waals surface area contributed by atoms with Gasteiger partial charge >= 0.3 is 0 Å². The van der Waals surface area contributed by atoms with Crippen LogP contribution in [-0.4, -0.2) is 26.0 Å². The number of carbonyl (C=O) groups is 1. The fourth-order valence-corrected chi connectivity index (χ4v) is 2.88. The van der Waals surface area contributed by atoms with Crippen molar-refractivity contribution >= 4 is 17.2 Å². The highest BCUT2D eigenvalue weighted by Crippen LogP contribution is 2.25. The van der Waals surface area contributed by atoms with E-state index in [9.17, 15) is 9.90 Å². The van der Waals surface area contributed by atoms with Crippen molar-refractivity contribution in [3.8, 4) is 17.0 Å². The number of aromatic nitrogens is 3. The van der Waals surface area contributed by atoms with Crippen LogP contribution >= 0.6 is 11.3 Å². The minimum absolute atomic E-state index is 0.146. The molecule has 0 bridgehead atoms. The highest BCUT2D eigenvalue weighted by atomic mass is 32.1. The SMILES string of the molecule is C[C@H](NC(=O)c1ccncc1O)c1nc(-c2cccnc2)cs1. The molecule has 0 spiro atoms. The summed E-state index contributed by atoms with van der Waals surface area (Å²) in [4.78, 5) is 24.6. The zero-order valence-electron chi connectivity index (χ0n) is 12.3. The second-order valence-corrected chi connectivity index (χ2v) is 5.79. The summed E-state index contributed by atoms with van der Waals surface area (Å²) in [5.41, 5.74) is 1.95. The van der Waals surface area contributed by atoms with Crippen molar-refractivity contribution in [2.75, 3.05) is 0 Å². The molecule has 3 aromatic heterocycles. The minimum Gasteiger partial charge on any atom is -0.505 e. The van der Waals surface area contributed by atoms with E-state index in [-0.39, 0.29) is 23.3 Å². The standard InChI is InChI=1S/C16H14N4O2S/c1-10(19-15(22)12-4-6-18-8-14(12)21)16-20-13(9-23-16)11-3-2-5-17-7-11/h2-10,21H,1H3,(H,19,22)/t10-/m0/s1. The van der Waals surface area contributed by atoms with Crippen LogP contribution in [0.2, 0.25) is 0 Å². The van der Waals surface area contributed by atoms with E-state index in [0.717, 1.165) is 16.3 Å². The summed E-state index contributed by atoms with van der Waals surface area (Å²) >= 11 is 1.47. The number of carbonyl (C=O) groups excluding carboxylic acids is 1. The van der Waals surface area contributed by atoms with E-state index in [4.69, 9.17) is 0 Å². The van der Waals surface area contributed by atoms with Crippen molar-refractivity contribution in [3.63, 3.8) is 0 Å². The quantitative estimate of drug-likeness (QED) is 0.769. The molecule has 3 rings (SSSR count). The van der Waals surface area contributed by atoms with Crippen LogP contribution in [-0.2, 0) is 0 Å². The number of aromatic hydroxyl groups is 1. The van der Waals surface area contributed by atoms with Crippen LogP contribution in [0.25, 0.3) is 11.3 Å². The maximum absolute atomic E-state index is 12.2. The number of hydrogen-bond acceptors (Lipinski definition) is 6. The topological polar surface area (TPSA) is 88.0 Å². The number of hydrogen-bond donors (Lipinski definition) is 2. The Balaban J connectivity index is 1.74. The molecular weight excluding hydrogens is 312 g/mol. The predicted octanol–water partition coefficient (Wildman–Crippen LogP) is 2.80. The Labute approximate surface area is 136 Å². The number of thiazole rings is 1.